The van der Waals surface area contributed by atoms with Gasteiger partial charge in [-0.15, -0.1) is 0 Å². The lowest BCUT2D eigenvalue weighted by Gasteiger charge is -2.05. The van der Waals surface area contributed by atoms with Crippen molar-refractivity contribution < 1.29 is 17.9 Å². The van der Waals surface area contributed by atoms with Crippen molar-refractivity contribution in [3.63, 3.8) is 0 Å². The Bertz CT molecular complexity index is 236. The van der Waals surface area contributed by atoms with Gasteiger partial charge in [-0.05, 0) is 6.07 Å². The molecule has 1 aromatic heterocycles. The molecule has 0 saturated heterocycles. The molecule has 0 saturated carbocycles. The van der Waals surface area contributed by atoms with E-state index < -0.39 is 12.8 Å². The highest BCUT2D eigenvalue weighted by molar-refractivity contribution is 4.93. The Morgan fingerprint density at radius 2 is 1.83 bits per heavy atom. The van der Waals surface area contributed by atoms with E-state index in [4.69, 9.17) is 0 Å². The van der Waals surface area contributed by atoms with Gasteiger partial charge in [-0.25, -0.2) is 9.97 Å². The molecule has 0 aliphatic rings. The third-order valence-electron chi connectivity index (χ3n) is 0.907. The summed E-state index contributed by atoms with van der Waals surface area (Å²) in [6, 6.07) is 1.22. The van der Waals surface area contributed by atoms with E-state index in [1.54, 1.807) is 0 Å². The topological polar surface area (TPSA) is 35.0 Å². The summed E-state index contributed by atoms with van der Waals surface area (Å²) in [6.45, 7) is -1.36. The van der Waals surface area contributed by atoms with E-state index >= 15 is 0 Å². The lowest BCUT2D eigenvalue weighted by atomic mass is 10.7. The van der Waals surface area contributed by atoms with Crippen LogP contribution in [0.3, 0.4) is 0 Å². The highest BCUT2D eigenvalue weighted by Gasteiger charge is 2.28. The zero-order valence-electron chi connectivity index (χ0n) is 5.88. The first-order valence-electron chi connectivity index (χ1n) is 3.04. The van der Waals surface area contributed by atoms with Crippen LogP contribution in [0.1, 0.15) is 0 Å². The summed E-state index contributed by atoms with van der Waals surface area (Å²) in [5, 5.41) is 0. The molecule has 3 nitrogen and oxygen atoms in total. The number of aromatic nitrogens is 2. The Morgan fingerprint density at radius 3 is 2.33 bits per heavy atom. The van der Waals surface area contributed by atoms with Crippen molar-refractivity contribution in [2.45, 2.75) is 6.18 Å². The molecule has 0 bridgehead atoms. The van der Waals surface area contributed by atoms with E-state index in [1.165, 1.54) is 18.5 Å². The number of alkyl halides is 3. The third-order valence-corrected chi connectivity index (χ3v) is 0.907. The first-order valence-corrected chi connectivity index (χ1v) is 3.04. The molecule has 12 heavy (non-hydrogen) atoms. The third kappa shape index (κ3) is 3.18. The van der Waals surface area contributed by atoms with E-state index in [1.807, 2.05) is 0 Å². The molecular weight excluding hydrogens is 173 g/mol. The van der Waals surface area contributed by atoms with Crippen molar-refractivity contribution in [2.24, 2.45) is 0 Å². The van der Waals surface area contributed by atoms with Crippen LogP contribution in [-0.4, -0.2) is 22.8 Å². The maximum Gasteiger partial charge on any atom is 0.422 e. The summed E-state index contributed by atoms with van der Waals surface area (Å²) in [5.41, 5.74) is 0. The molecule has 0 spiro atoms. The highest BCUT2D eigenvalue weighted by Crippen LogP contribution is 2.15. The van der Waals surface area contributed by atoms with Crippen LogP contribution in [0.4, 0.5) is 13.2 Å². The predicted molar refractivity (Wildman–Crippen MR) is 33.6 cm³/mol. The SMILES string of the molecule is FC(F)(F)COc1ncccn1. The number of nitrogens with zero attached hydrogens (tertiary/aromatic N) is 2. The van der Waals surface area contributed by atoms with Gasteiger partial charge in [0.05, 0.1) is 0 Å². The molecule has 66 valence electrons. The van der Waals surface area contributed by atoms with Gasteiger partial charge in [0.25, 0.3) is 0 Å². The lowest BCUT2D eigenvalue weighted by Crippen LogP contribution is -2.20. The van der Waals surface area contributed by atoms with E-state index in [0.29, 0.717) is 0 Å². The van der Waals surface area contributed by atoms with Crippen LogP contribution < -0.4 is 4.74 Å². The van der Waals surface area contributed by atoms with Gasteiger partial charge in [0, 0.05) is 12.4 Å². The van der Waals surface area contributed by atoms with Crippen LogP contribution in [0.5, 0.6) is 6.01 Å². The molecular formula is C6H5F3N2O. The molecule has 1 rings (SSSR count). The molecule has 0 atom stereocenters. The minimum Gasteiger partial charge on any atom is -0.454 e. The second-order valence-corrected chi connectivity index (χ2v) is 1.94. The summed E-state index contributed by atoms with van der Waals surface area (Å²) in [4.78, 5) is 6.90. The average Bonchev–Trinajstić information content (AvgIpc) is 2.02. The van der Waals surface area contributed by atoms with Gasteiger partial charge in [0.1, 0.15) is 0 Å². The maximum absolute atomic E-state index is 11.6. The fraction of sp³-hybridized carbons (Fsp3) is 0.333. The second kappa shape index (κ2) is 3.38. The van der Waals surface area contributed by atoms with Gasteiger partial charge in [0.15, 0.2) is 6.61 Å². The fourth-order valence-corrected chi connectivity index (χ4v) is 0.506. The maximum atomic E-state index is 11.6. The van der Waals surface area contributed by atoms with Crippen molar-refractivity contribution >= 4 is 0 Å². The Labute approximate surface area is 66.2 Å². The zero-order valence-corrected chi connectivity index (χ0v) is 5.88. The molecule has 0 amide bonds. The van der Waals surface area contributed by atoms with Crippen molar-refractivity contribution in [1.82, 2.24) is 9.97 Å². The fourth-order valence-electron chi connectivity index (χ4n) is 0.506. The van der Waals surface area contributed by atoms with Crippen LogP contribution >= 0.6 is 0 Å². The Hall–Kier alpha value is -1.33. The van der Waals surface area contributed by atoms with Gasteiger partial charge in [-0.3, -0.25) is 0 Å². The molecule has 6 heteroatoms. The van der Waals surface area contributed by atoms with E-state index in [-0.39, 0.29) is 6.01 Å². The van der Waals surface area contributed by atoms with Gasteiger partial charge in [-0.2, -0.15) is 13.2 Å². The molecule has 0 unspecified atom stereocenters. The molecule has 1 aromatic rings. The van der Waals surface area contributed by atoms with Crippen molar-refractivity contribution in [2.75, 3.05) is 6.61 Å². The number of hydrogen-bond donors (Lipinski definition) is 0. The van der Waals surface area contributed by atoms with Crippen LogP contribution in [0, 0.1) is 0 Å². The highest BCUT2D eigenvalue weighted by atomic mass is 19.4. The number of rotatable bonds is 2. The average molecular weight is 178 g/mol. The minimum atomic E-state index is -4.35. The van der Waals surface area contributed by atoms with Crippen LogP contribution in [-0.2, 0) is 0 Å². The molecule has 0 N–H and O–H groups in total. The van der Waals surface area contributed by atoms with E-state index in [0.717, 1.165) is 0 Å². The first-order chi connectivity index (χ1) is 5.58. The summed E-state index contributed by atoms with van der Waals surface area (Å²) < 4.78 is 38.9. The number of halogens is 3. The quantitative estimate of drug-likeness (QED) is 0.686. The Balaban J connectivity index is 2.44. The van der Waals surface area contributed by atoms with Crippen molar-refractivity contribution in [1.29, 1.82) is 0 Å². The predicted octanol–water partition coefficient (Wildman–Crippen LogP) is 1.42. The van der Waals surface area contributed by atoms with Crippen molar-refractivity contribution in [3.8, 4) is 6.01 Å². The summed E-state index contributed by atoms with van der Waals surface area (Å²) in [7, 11) is 0. The Kier molecular flexibility index (Phi) is 2.47. The van der Waals surface area contributed by atoms with Crippen molar-refractivity contribution in [3.05, 3.63) is 18.5 Å². The number of hydrogen-bond acceptors (Lipinski definition) is 3. The van der Waals surface area contributed by atoms with Gasteiger partial charge < -0.3 is 4.74 Å². The summed E-state index contributed by atoms with van der Waals surface area (Å²) in [5.74, 6) is 0. The first kappa shape index (κ1) is 8.76. The molecule has 0 aliphatic heterocycles. The largest absolute Gasteiger partial charge is 0.454 e. The molecule has 0 fully saturated rings. The number of ether oxygens (including phenoxy) is 1. The zero-order chi connectivity index (χ0) is 9.03. The van der Waals surface area contributed by atoms with E-state index in [2.05, 4.69) is 14.7 Å². The van der Waals surface area contributed by atoms with Gasteiger partial charge >= 0.3 is 12.2 Å². The van der Waals surface area contributed by atoms with Crippen LogP contribution in [0.25, 0.3) is 0 Å². The Morgan fingerprint density at radius 1 is 1.25 bits per heavy atom. The lowest BCUT2D eigenvalue weighted by molar-refractivity contribution is -0.154. The van der Waals surface area contributed by atoms with E-state index in [9.17, 15) is 13.2 Å². The molecule has 0 aromatic carbocycles. The van der Waals surface area contributed by atoms with Gasteiger partial charge in [-0.1, -0.05) is 0 Å². The summed E-state index contributed by atoms with van der Waals surface area (Å²) >= 11 is 0. The normalized spacial score (nSPS) is 11.2. The second-order valence-electron chi connectivity index (χ2n) is 1.94. The minimum absolute atomic E-state index is 0.269. The summed E-state index contributed by atoms with van der Waals surface area (Å²) in [6.07, 6.45) is -1.74. The monoisotopic (exact) mass is 178 g/mol. The smallest absolute Gasteiger partial charge is 0.422 e. The standard InChI is InChI=1S/C6H5F3N2O/c7-6(8,9)4-12-5-10-2-1-3-11-5/h1-3H,4H2. The molecule has 1 heterocycles. The molecule has 0 radical (unpaired) electrons. The van der Waals surface area contributed by atoms with Crippen LogP contribution in [0.15, 0.2) is 18.5 Å². The van der Waals surface area contributed by atoms with Crippen LogP contribution in [0.2, 0.25) is 0 Å². The van der Waals surface area contributed by atoms with Gasteiger partial charge in [0.2, 0.25) is 0 Å². The molecule has 0 aliphatic carbocycles.